The first-order chi connectivity index (χ1) is 17.5. The summed E-state index contributed by atoms with van der Waals surface area (Å²) in [5.74, 6) is -0.694. The van der Waals surface area contributed by atoms with Crippen LogP contribution in [-0.4, -0.2) is 50.9 Å². The highest BCUT2D eigenvalue weighted by Gasteiger charge is 2.22. The molecule has 0 bridgehead atoms. The fourth-order valence-corrected chi connectivity index (χ4v) is 4.79. The largest absolute Gasteiger partial charge is 0.496 e. The third-order valence-corrected chi connectivity index (χ3v) is 6.77. The van der Waals surface area contributed by atoms with Crippen LogP contribution in [0.15, 0.2) is 41.8 Å². The van der Waals surface area contributed by atoms with Crippen molar-refractivity contribution >= 4 is 33.4 Å². The molecule has 0 aliphatic heterocycles. The average Bonchev–Trinajstić information content (AvgIpc) is 3.32. The molecule has 3 rings (SSSR count). The van der Waals surface area contributed by atoms with Crippen molar-refractivity contribution in [2.45, 2.75) is 26.3 Å². The second kappa shape index (κ2) is 12.1. The molecule has 37 heavy (non-hydrogen) atoms. The van der Waals surface area contributed by atoms with Crippen LogP contribution in [0.4, 0.5) is 4.39 Å². The first kappa shape index (κ1) is 28.0. The summed E-state index contributed by atoms with van der Waals surface area (Å²) in [6.07, 6.45) is 0.855. The van der Waals surface area contributed by atoms with Crippen LogP contribution >= 0.6 is 11.3 Å². The SMILES string of the molecule is COc1cc(C(=O)N(CCCc2ccccc2F)Cc2nc(C(=O)NS(N)(=O)=O)cs2)cc(OC)c1C. The molecule has 2 amide bonds. The van der Waals surface area contributed by atoms with E-state index in [1.807, 2.05) is 6.92 Å². The lowest BCUT2D eigenvalue weighted by Gasteiger charge is -2.23. The smallest absolute Gasteiger partial charge is 0.299 e. The quantitative estimate of drug-likeness (QED) is 0.374. The highest BCUT2D eigenvalue weighted by Crippen LogP contribution is 2.30. The van der Waals surface area contributed by atoms with E-state index in [-0.39, 0.29) is 30.5 Å². The highest BCUT2D eigenvalue weighted by molar-refractivity contribution is 7.87. The second-order valence-corrected chi connectivity index (χ2v) is 10.3. The van der Waals surface area contributed by atoms with Crippen LogP contribution in [0.2, 0.25) is 0 Å². The van der Waals surface area contributed by atoms with Crippen molar-refractivity contribution in [3.63, 3.8) is 0 Å². The minimum atomic E-state index is -4.25. The van der Waals surface area contributed by atoms with Gasteiger partial charge in [-0.05, 0) is 43.5 Å². The molecule has 0 aliphatic carbocycles. The molecule has 2 aromatic carbocycles. The fourth-order valence-electron chi connectivity index (χ4n) is 3.64. The number of aromatic nitrogens is 1. The summed E-state index contributed by atoms with van der Waals surface area (Å²) < 4.78 is 48.8. The Kier molecular flexibility index (Phi) is 9.18. The zero-order chi connectivity index (χ0) is 27.2. The van der Waals surface area contributed by atoms with Crippen LogP contribution in [0.5, 0.6) is 11.5 Å². The number of hydrogen-bond donors (Lipinski definition) is 2. The van der Waals surface area contributed by atoms with Crippen molar-refractivity contribution in [3.05, 3.63) is 75.0 Å². The molecule has 0 fully saturated rings. The molecule has 1 aromatic heterocycles. The first-order valence-corrected chi connectivity index (χ1v) is 13.5. The zero-order valence-corrected chi connectivity index (χ0v) is 22.1. The Labute approximate surface area is 218 Å². The van der Waals surface area contributed by atoms with Gasteiger partial charge in [0, 0.05) is 23.1 Å². The van der Waals surface area contributed by atoms with Gasteiger partial charge in [-0.1, -0.05) is 18.2 Å². The number of hydrogen-bond acceptors (Lipinski definition) is 8. The van der Waals surface area contributed by atoms with Gasteiger partial charge in [0.25, 0.3) is 22.0 Å². The summed E-state index contributed by atoms with van der Waals surface area (Å²) in [5, 5.41) is 6.62. The van der Waals surface area contributed by atoms with Crippen LogP contribution in [0.3, 0.4) is 0 Å². The number of benzene rings is 2. The number of nitrogens with two attached hydrogens (primary N) is 1. The van der Waals surface area contributed by atoms with Gasteiger partial charge in [-0.25, -0.2) is 19.2 Å². The van der Waals surface area contributed by atoms with Crippen molar-refractivity contribution in [3.8, 4) is 11.5 Å². The molecule has 0 spiro atoms. The lowest BCUT2D eigenvalue weighted by atomic mass is 10.1. The Balaban J connectivity index is 1.86. The Hall–Kier alpha value is -3.55. The predicted octanol–water partition coefficient (Wildman–Crippen LogP) is 2.82. The maximum absolute atomic E-state index is 14.1. The number of aryl methyl sites for hydroxylation is 1. The standard InChI is InChI=1S/C24H27FN4O6S2/c1-15-20(34-2)11-17(12-21(15)35-3)24(31)29(10-6-8-16-7-4-5-9-18(16)25)13-22-27-19(14-36-22)23(30)28-37(26,32)33/h4-5,7,9,11-12,14H,6,8,10,13H2,1-3H3,(H,28,30)(H2,26,32,33). The highest BCUT2D eigenvalue weighted by atomic mass is 32.2. The number of rotatable bonds is 11. The Morgan fingerprint density at radius 2 is 1.81 bits per heavy atom. The molecule has 13 heteroatoms. The van der Waals surface area contributed by atoms with Crippen LogP contribution in [0.1, 0.15) is 43.4 Å². The van der Waals surface area contributed by atoms with Crippen molar-refractivity contribution in [2.24, 2.45) is 5.14 Å². The van der Waals surface area contributed by atoms with Crippen molar-refractivity contribution < 1.29 is 31.9 Å². The average molecular weight is 551 g/mol. The molecule has 0 atom stereocenters. The number of halogens is 1. The van der Waals surface area contributed by atoms with Gasteiger partial charge in [-0.3, -0.25) is 9.59 Å². The minimum absolute atomic E-state index is 0.0297. The van der Waals surface area contributed by atoms with E-state index in [1.54, 1.807) is 35.1 Å². The summed E-state index contributed by atoms with van der Waals surface area (Å²) in [7, 11) is -1.26. The molecule has 0 saturated heterocycles. The molecule has 0 unspecified atom stereocenters. The summed E-state index contributed by atoms with van der Waals surface area (Å²) >= 11 is 1.08. The van der Waals surface area contributed by atoms with Crippen LogP contribution < -0.4 is 19.3 Å². The van der Waals surface area contributed by atoms with E-state index in [4.69, 9.17) is 14.6 Å². The van der Waals surface area contributed by atoms with Gasteiger partial charge in [0.05, 0.1) is 20.8 Å². The third-order valence-electron chi connectivity index (χ3n) is 5.46. The third kappa shape index (κ3) is 7.47. The molecule has 3 N–H and O–H groups in total. The second-order valence-electron chi connectivity index (χ2n) is 8.03. The van der Waals surface area contributed by atoms with Crippen LogP contribution in [-0.2, 0) is 23.2 Å². The Bertz CT molecular complexity index is 1370. The van der Waals surface area contributed by atoms with E-state index in [1.165, 1.54) is 30.6 Å². The monoisotopic (exact) mass is 550 g/mol. The Morgan fingerprint density at radius 1 is 1.16 bits per heavy atom. The first-order valence-electron chi connectivity index (χ1n) is 11.1. The number of carbonyl (C=O) groups excluding carboxylic acids is 2. The van der Waals surface area contributed by atoms with Gasteiger partial charge >= 0.3 is 0 Å². The number of thiazole rings is 1. The topological polar surface area (TPSA) is 141 Å². The summed E-state index contributed by atoms with van der Waals surface area (Å²) in [5.41, 5.74) is 1.43. The molecule has 0 aliphatic rings. The van der Waals surface area contributed by atoms with E-state index in [0.717, 1.165) is 16.9 Å². The van der Waals surface area contributed by atoms with E-state index in [0.29, 0.717) is 40.5 Å². The molecular formula is C24H27FN4O6S2. The number of methoxy groups -OCH3 is 2. The molecule has 3 aromatic rings. The molecular weight excluding hydrogens is 523 g/mol. The molecule has 10 nitrogen and oxygen atoms in total. The van der Waals surface area contributed by atoms with Crippen LogP contribution in [0, 0.1) is 12.7 Å². The number of carbonyl (C=O) groups is 2. The summed E-state index contributed by atoms with van der Waals surface area (Å²) in [6, 6.07) is 9.64. The van der Waals surface area contributed by atoms with Gasteiger partial charge in [0.1, 0.15) is 28.0 Å². The molecule has 0 radical (unpaired) electrons. The van der Waals surface area contributed by atoms with Gasteiger partial charge in [-0.2, -0.15) is 8.42 Å². The molecule has 0 saturated carbocycles. The number of amides is 2. The van der Waals surface area contributed by atoms with Gasteiger partial charge < -0.3 is 14.4 Å². The van der Waals surface area contributed by atoms with Gasteiger partial charge in [-0.15, -0.1) is 11.3 Å². The number of nitrogens with one attached hydrogen (secondary N) is 1. The molecule has 198 valence electrons. The maximum Gasteiger partial charge on any atom is 0.299 e. The van der Waals surface area contributed by atoms with Crippen molar-refractivity contribution in [1.82, 2.24) is 14.6 Å². The van der Waals surface area contributed by atoms with Crippen molar-refractivity contribution in [1.29, 1.82) is 0 Å². The van der Waals surface area contributed by atoms with E-state index in [9.17, 15) is 22.4 Å². The zero-order valence-electron chi connectivity index (χ0n) is 20.5. The predicted molar refractivity (Wildman–Crippen MR) is 136 cm³/mol. The fraction of sp³-hybridized carbons (Fsp3) is 0.292. The summed E-state index contributed by atoms with van der Waals surface area (Å²) in [4.78, 5) is 31.3. The van der Waals surface area contributed by atoms with Crippen LogP contribution in [0.25, 0.3) is 0 Å². The van der Waals surface area contributed by atoms with Gasteiger partial charge in [0.15, 0.2) is 0 Å². The van der Waals surface area contributed by atoms with E-state index in [2.05, 4.69) is 4.98 Å². The minimum Gasteiger partial charge on any atom is -0.496 e. The maximum atomic E-state index is 14.1. The van der Waals surface area contributed by atoms with Gasteiger partial charge in [0.2, 0.25) is 0 Å². The van der Waals surface area contributed by atoms with E-state index < -0.39 is 16.1 Å². The summed E-state index contributed by atoms with van der Waals surface area (Å²) in [6.45, 7) is 2.09. The van der Waals surface area contributed by atoms with Crippen molar-refractivity contribution in [2.75, 3.05) is 20.8 Å². The van der Waals surface area contributed by atoms with E-state index >= 15 is 0 Å². The lowest BCUT2D eigenvalue weighted by molar-refractivity contribution is 0.0740. The Morgan fingerprint density at radius 3 is 2.41 bits per heavy atom. The molecule has 1 heterocycles. The number of nitrogens with zero attached hydrogens (tertiary/aromatic N) is 2. The lowest BCUT2D eigenvalue weighted by Crippen LogP contribution is -2.36. The normalized spacial score (nSPS) is 11.2. The number of ether oxygens (including phenoxy) is 2.